The Morgan fingerprint density at radius 2 is 1.72 bits per heavy atom. The summed E-state index contributed by atoms with van der Waals surface area (Å²) in [5.74, 6) is 3.95. The van der Waals surface area contributed by atoms with Crippen LogP contribution in [0.25, 0.3) is 16.8 Å². The van der Waals surface area contributed by atoms with Crippen LogP contribution >= 0.6 is 11.3 Å². The maximum Gasteiger partial charge on any atom is 0.215 e. The van der Waals surface area contributed by atoms with Gasteiger partial charge in [0.1, 0.15) is 17.6 Å². The number of thiazole rings is 1. The highest BCUT2D eigenvalue weighted by Crippen LogP contribution is 2.34. The number of nitrogens with zero attached hydrogens (tertiary/aromatic N) is 9. The van der Waals surface area contributed by atoms with Gasteiger partial charge < -0.3 is 44.8 Å². The molecule has 0 spiro atoms. The summed E-state index contributed by atoms with van der Waals surface area (Å²) in [6.45, 7) is 16.9. The Hall–Kier alpha value is -5.51. The Morgan fingerprint density at radius 3 is 2.38 bits per heavy atom. The predicted octanol–water partition coefficient (Wildman–Crippen LogP) is 8.95. The van der Waals surface area contributed by atoms with Crippen LogP contribution in [0.3, 0.4) is 0 Å². The summed E-state index contributed by atoms with van der Waals surface area (Å²) in [4.78, 5) is 19.3. The summed E-state index contributed by atoms with van der Waals surface area (Å²) >= 11 is 1.66. The Balaban J connectivity index is 0.000000170. The number of allylic oxidation sites excluding steroid dienone is 3. The first-order chi connectivity index (χ1) is 31.6. The molecule has 0 radical (unpaired) electrons. The molecule has 9 rings (SSSR count). The number of ether oxygens (including phenoxy) is 1. The summed E-state index contributed by atoms with van der Waals surface area (Å²) in [6.07, 6.45) is 17.1. The number of para-hydroxylation sites is 1. The summed E-state index contributed by atoms with van der Waals surface area (Å²) in [6, 6.07) is 15.5. The number of aromatic nitrogens is 5. The number of aliphatic hydroxyl groups is 1. The molecule has 14 nitrogen and oxygen atoms in total. The number of likely N-dealkylation sites (tertiary alicyclic amines) is 1. The third kappa shape index (κ3) is 12.9. The van der Waals surface area contributed by atoms with Crippen LogP contribution < -0.4 is 25.2 Å². The molecule has 15 heteroatoms. The van der Waals surface area contributed by atoms with Gasteiger partial charge in [-0.05, 0) is 121 Å². The van der Waals surface area contributed by atoms with Crippen LogP contribution in [-0.4, -0.2) is 112 Å². The van der Waals surface area contributed by atoms with E-state index in [0.29, 0.717) is 35.1 Å². The smallest absolute Gasteiger partial charge is 0.215 e. The van der Waals surface area contributed by atoms with Gasteiger partial charge in [0.15, 0.2) is 11.6 Å². The highest BCUT2D eigenvalue weighted by atomic mass is 32.1. The first kappa shape index (κ1) is 47.5. The maximum atomic E-state index is 10.3. The van der Waals surface area contributed by atoms with Crippen LogP contribution in [0.15, 0.2) is 83.5 Å². The van der Waals surface area contributed by atoms with Gasteiger partial charge in [0, 0.05) is 88.5 Å². The molecule has 1 unspecified atom stereocenters. The molecular formula is C50H68N10O4S. The van der Waals surface area contributed by atoms with Crippen LogP contribution in [-0.2, 0) is 0 Å². The van der Waals surface area contributed by atoms with Gasteiger partial charge in [-0.1, -0.05) is 36.0 Å². The lowest BCUT2D eigenvalue weighted by atomic mass is 9.95. The average molecular weight is 905 g/mol. The summed E-state index contributed by atoms with van der Waals surface area (Å²) < 4.78 is 11.2. The topological polar surface area (TPSA) is 166 Å². The van der Waals surface area contributed by atoms with Crippen molar-refractivity contribution in [1.82, 2.24) is 30.2 Å². The van der Waals surface area contributed by atoms with E-state index in [0.717, 1.165) is 119 Å². The molecule has 4 fully saturated rings. The van der Waals surface area contributed by atoms with Gasteiger partial charge in [-0.15, -0.1) is 21.5 Å². The van der Waals surface area contributed by atoms with Gasteiger partial charge in [0.05, 0.1) is 33.6 Å². The molecule has 1 saturated carbocycles. The van der Waals surface area contributed by atoms with Gasteiger partial charge in [-0.2, -0.15) is 0 Å². The van der Waals surface area contributed by atoms with Gasteiger partial charge >= 0.3 is 0 Å². The van der Waals surface area contributed by atoms with Crippen molar-refractivity contribution < 1.29 is 19.5 Å². The number of aromatic hydroxyl groups is 1. The number of phenols is 1. The van der Waals surface area contributed by atoms with Crippen molar-refractivity contribution in [1.29, 1.82) is 0 Å². The van der Waals surface area contributed by atoms with Gasteiger partial charge in [0.2, 0.25) is 5.88 Å². The van der Waals surface area contributed by atoms with Gasteiger partial charge in [-0.3, -0.25) is 0 Å². The molecule has 4 aromatic heterocycles. The Morgan fingerprint density at radius 1 is 0.938 bits per heavy atom. The van der Waals surface area contributed by atoms with Crippen molar-refractivity contribution in [3.05, 3.63) is 95.3 Å². The molecule has 4 N–H and O–H groups in total. The number of anilines is 4. The number of aliphatic hydroxyl groups excluding tert-OH is 1. The zero-order chi connectivity index (χ0) is 45.7. The monoisotopic (exact) mass is 905 g/mol. The minimum atomic E-state index is -0.0662. The molecule has 348 valence electrons. The summed E-state index contributed by atoms with van der Waals surface area (Å²) in [7, 11) is 2.14. The fourth-order valence-electron chi connectivity index (χ4n) is 8.91. The fraction of sp³-hybridized carbons (Fsp3) is 0.500. The first-order valence-corrected chi connectivity index (χ1v) is 24.3. The quantitative estimate of drug-likeness (QED) is 0.108. The molecule has 1 aliphatic carbocycles. The van der Waals surface area contributed by atoms with E-state index >= 15 is 0 Å². The van der Waals surface area contributed by atoms with Crippen LogP contribution in [0.1, 0.15) is 87.5 Å². The molecule has 65 heavy (non-hydrogen) atoms. The van der Waals surface area contributed by atoms with Crippen molar-refractivity contribution in [2.75, 3.05) is 73.3 Å². The van der Waals surface area contributed by atoms with Crippen molar-refractivity contribution in [2.24, 2.45) is 5.92 Å². The van der Waals surface area contributed by atoms with E-state index in [1.54, 1.807) is 23.5 Å². The third-order valence-electron chi connectivity index (χ3n) is 13.1. The van der Waals surface area contributed by atoms with Crippen LogP contribution in [0.2, 0.25) is 0 Å². The predicted molar refractivity (Wildman–Crippen MR) is 263 cm³/mol. The molecular weight excluding hydrogens is 837 g/mol. The number of hydrogen-bond acceptors (Lipinski definition) is 15. The van der Waals surface area contributed by atoms with Crippen molar-refractivity contribution >= 4 is 39.9 Å². The molecule has 5 aromatic rings. The lowest BCUT2D eigenvalue weighted by Crippen LogP contribution is -2.42. The van der Waals surface area contributed by atoms with Crippen LogP contribution in [0.5, 0.6) is 11.6 Å². The number of phenolic OH excluding ortho intramolecular Hbond substituents is 1. The van der Waals surface area contributed by atoms with E-state index in [1.807, 2.05) is 81.0 Å². The van der Waals surface area contributed by atoms with Crippen molar-refractivity contribution in [2.45, 2.75) is 103 Å². The number of hydrogen-bond donors (Lipinski definition) is 3. The van der Waals surface area contributed by atoms with Crippen LogP contribution in [0.4, 0.5) is 23.0 Å². The zero-order valence-corrected chi connectivity index (χ0v) is 39.5. The number of nitrogen functional groups attached to an aromatic ring is 1. The number of aryl methyl sites for hydroxylation is 2. The molecule has 0 amide bonds. The second kappa shape index (κ2) is 23.1. The largest absolute Gasteiger partial charge is 0.507 e. The average Bonchev–Trinajstić information content (AvgIpc) is 3.86. The summed E-state index contributed by atoms with van der Waals surface area (Å²) in [5.41, 5.74) is 13.6. The minimum Gasteiger partial charge on any atom is -0.507 e. The van der Waals surface area contributed by atoms with Gasteiger partial charge in [-0.25, -0.2) is 9.97 Å². The van der Waals surface area contributed by atoms with Crippen molar-refractivity contribution in [3.8, 4) is 22.9 Å². The Bertz CT molecular complexity index is 2300. The number of likely N-dealkylation sites (N-methyl/N-ethyl adjacent to an activating group) is 1. The fourth-order valence-corrected chi connectivity index (χ4v) is 9.79. The van der Waals surface area contributed by atoms with E-state index in [9.17, 15) is 10.2 Å². The highest BCUT2D eigenvalue weighted by Gasteiger charge is 2.27. The molecule has 0 bridgehead atoms. The standard InChI is InChI=1S/C26H32N6O2.C15H25N3O2.C9H11NS/c1-31(18-12-13-28-25(15-18)34-20-8-6-9-20)19-7-4-5-14-32(17-19)23-16-22(29-30-26(23)27)21-10-2-3-11-24(21)33;1-12-10-15(16-20-12)18-8-2-13(3-9-18)11-17-6-4-14(19)5-7-17;1-4-8(5-2)9-7(3)10-6-11-9/h2-3,10-13,15-16,19-20,33H,4-9,14,17H2,1H3,(H2,27,30);10,13-14,19H,2-9,11H2,1H3;4-6H,1H2,2-3H3/b;;8-5+. The zero-order valence-electron chi connectivity index (χ0n) is 38.7. The molecule has 3 saturated heterocycles. The molecule has 7 heterocycles. The lowest BCUT2D eigenvalue weighted by molar-refractivity contribution is 0.0723. The van der Waals surface area contributed by atoms with E-state index in [1.165, 1.54) is 36.3 Å². The molecule has 1 atom stereocenters. The Kier molecular flexibility index (Phi) is 16.9. The van der Waals surface area contributed by atoms with Crippen molar-refractivity contribution in [3.63, 3.8) is 0 Å². The normalized spacial score (nSPS) is 19.0. The number of pyridine rings is 1. The first-order valence-electron chi connectivity index (χ1n) is 23.4. The highest BCUT2D eigenvalue weighted by molar-refractivity contribution is 7.11. The van der Waals surface area contributed by atoms with Gasteiger partial charge in [0.25, 0.3) is 0 Å². The van der Waals surface area contributed by atoms with E-state index < -0.39 is 0 Å². The molecule has 3 aliphatic heterocycles. The lowest BCUT2D eigenvalue weighted by Gasteiger charge is -2.36. The van der Waals surface area contributed by atoms with E-state index in [-0.39, 0.29) is 11.9 Å². The maximum absolute atomic E-state index is 10.3. The number of benzene rings is 1. The molecule has 1 aromatic carbocycles. The minimum absolute atomic E-state index is 0.0662. The third-order valence-corrected chi connectivity index (χ3v) is 14.1. The molecule has 4 aliphatic rings. The second-order valence-corrected chi connectivity index (χ2v) is 18.6. The SMILES string of the molecule is C=C/C(=C\C)c1scnc1C.CN(c1ccnc(OC2CCC2)c1)C1CCCCN(c2cc(-c3ccccc3O)nnc2N)C1.Cc1cc(N2CCC(CN3CCC(O)CC3)CC2)no1. The van der Waals surface area contributed by atoms with Crippen LogP contribution in [0, 0.1) is 19.8 Å². The second-order valence-electron chi connectivity index (χ2n) is 17.7. The number of rotatable bonds is 11. The number of piperidine rings is 2. The Labute approximate surface area is 388 Å². The van der Waals surface area contributed by atoms with E-state index in [2.05, 4.69) is 58.5 Å². The summed E-state index contributed by atoms with van der Waals surface area (Å²) in [5, 5.41) is 32.4. The number of nitrogens with two attached hydrogens (primary N) is 1. The van der Waals surface area contributed by atoms with E-state index in [4.69, 9.17) is 15.0 Å².